The van der Waals surface area contributed by atoms with Crippen LogP contribution in [0.2, 0.25) is 0 Å². The van der Waals surface area contributed by atoms with Crippen molar-refractivity contribution in [3.63, 3.8) is 0 Å². The molecule has 0 saturated carbocycles. The highest BCUT2D eigenvalue weighted by molar-refractivity contribution is 7.13. The van der Waals surface area contributed by atoms with Gasteiger partial charge in [-0.05, 0) is 44.5 Å². The number of alkyl halides is 3. The lowest BCUT2D eigenvalue weighted by atomic mass is 10.2. The Morgan fingerprint density at radius 3 is 2.55 bits per heavy atom. The number of hydrogen-bond acceptors (Lipinski definition) is 5. The molecule has 0 N–H and O–H groups in total. The molecular formula is C20H24F3N3O2S. The van der Waals surface area contributed by atoms with Gasteiger partial charge in [0.05, 0.1) is 12.6 Å². The summed E-state index contributed by atoms with van der Waals surface area (Å²) < 4.78 is 43.4. The number of nitrogens with zero attached hydrogens (tertiary/aromatic N) is 3. The molecule has 158 valence electrons. The summed E-state index contributed by atoms with van der Waals surface area (Å²) >= 11 is 1.37. The zero-order valence-corrected chi connectivity index (χ0v) is 17.2. The first-order valence-electron chi connectivity index (χ1n) is 9.52. The molecule has 2 aromatic rings. The Bertz CT molecular complexity index is 821. The maximum absolute atomic E-state index is 12.8. The largest absolute Gasteiger partial charge is 0.491 e. The Morgan fingerprint density at radius 2 is 1.90 bits per heavy atom. The van der Waals surface area contributed by atoms with E-state index in [0.717, 1.165) is 16.3 Å². The average Bonchev–Trinajstić information content (AvgIpc) is 3.02. The van der Waals surface area contributed by atoms with Crippen molar-refractivity contribution in [1.82, 2.24) is 14.8 Å². The predicted octanol–water partition coefficient (Wildman–Crippen LogP) is 4.31. The number of amides is 1. The van der Waals surface area contributed by atoms with Crippen LogP contribution in [0.15, 0.2) is 29.6 Å². The maximum Gasteiger partial charge on any atom is 0.401 e. The first kappa shape index (κ1) is 21.6. The van der Waals surface area contributed by atoms with E-state index in [9.17, 15) is 18.0 Å². The lowest BCUT2D eigenvalue weighted by Gasteiger charge is -2.22. The van der Waals surface area contributed by atoms with Crippen molar-refractivity contribution < 1.29 is 22.7 Å². The van der Waals surface area contributed by atoms with E-state index >= 15 is 0 Å². The number of carbonyl (C=O) groups excluding carboxylic acids is 1. The van der Waals surface area contributed by atoms with E-state index in [0.29, 0.717) is 25.2 Å². The number of rotatable bonds is 5. The Labute approximate surface area is 172 Å². The van der Waals surface area contributed by atoms with Crippen molar-refractivity contribution in [2.75, 3.05) is 32.7 Å². The number of aromatic nitrogens is 1. The molecule has 1 amide bonds. The van der Waals surface area contributed by atoms with Gasteiger partial charge >= 0.3 is 6.18 Å². The number of hydrogen-bond donors (Lipinski definition) is 0. The third kappa shape index (κ3) is 6.17. The van der Waals surface area contributed by atoms with Crippen LogP contribution < -0.4 is 4.74 Å². The van der Waals surface area contributed by atoms with Gasteiger partial charge in [-0.2, -0.15) is 13.2 Å². The van der Waals surface area contributed by atoms with Gasteiger partial charge in [0, 0.05) is 37.1 Å². The van der Waals surface area contributed by atoms with Gasteiger partial charge in [-0.25, -0.2) is 4.98 Å². The second kappa shape index (κ2) is 9.13. The molecule has 1 aliphatic rings. The van der Waals surface area contributed by atoms with Gasteiger partial charge in [-0.3, -0.25) is 9.69 Å². The second-order valence-electron chi connectivity index (χ2n) is 7.27. The molecule has 1 saturated heterocycles. The van der Waals surface area contributed by atoms with Crippen LogP contribution in [0.5, 0.6) is 5.75 Å². The Hall–Kier alpha value is -2.13. The number of benzene rings is 1. The molecule has 0 atom stereocenters. The number of halogens is 3. The lowest BCUT2D eigenvalue weighted by molar-refractivity contribution is -0.145. The Balaban J connectivity index is 1.63. The summed E-state index contributed by atoms with van der Waals surface area (Å²) in [5.74, 6) is 0.533. The first-order valence-corrected chi connectivity index (χ1v) is 10.4. The maximum atomic E-state index is 12.8. The van der Waals surface area contributed by atoms with Crippen molar-refractivity contribution >= 4 is 17.2 Å². The molecule has 3 rings (SSSR count). The molecule has 1 aromatic heterocycles. The topological polar surface area (TPSA) is 45.7 Å². The van der Waals surface area contributed by atoms with Crippen LogP contribution in [0.25, 0.3) is 10.6 Å². The minimum Gasteiger partial charge on any atom is -0.491 e. The summed E-state index contributed by atoms with van der Waals surface area (Å²) in [7, 11) is 0. The monoisotopic (exact) mass is 427 g/mol. The molecule has 1 aromatic carbocycles. The van der Waals surface area contributed by atoms with Crippen LogP contribution in [0, 0.1) is 0 Å². The highest BCUT2D eigenvalue weighted by Crippen LogP contribution is 2.27. The number of ether oxygens (including phenoxy) is 1. The molecule has 5 nitrogen and oxygen atoms in total. The summed E-state index contributed by atoms with van der Waals surface area (Å²) in [6.07, 6.45) is -3.62. The summed E-state index contributed by atoms with van der Waals surface area (Å²) in [5, 5.41) is 2.42. The summed E-state index contributed by atoms with van der Waals surface area (Å²) in [6, 6.07) is 7.52. The molecule has 0 unspecified atom stereocenters. The van der Waals surface area contributed by atoms with E-state index in [1.54, 1.807) is 10.3 Å². The lowest BCUT2D eigenvalue weighted by Crippen LogP contribution is -2.38. The van der Waals surface area contributed by atoms with Gasteiger partial charge in [0.25, 0.3) is 5.91 Å². The van der Waals surface area contributed by atoms with E-state index in [4.69, 9.17) is 4.74 Å². The van der Waals surface area contributed by atoms with Gasteiger partial charge in [0.1, 0.15) is 16.5 Å². The molecule has 0 bridgehead atoms. The molecule has 0 aliphatic carbocycles. The average molecular weight is 427 g/mol. The van der Waals surface area contributed by atoms with Crippen molar-refractivity contribution in [1.29, 1.82) is 0 Å². The molecule has 1 fully saturated rings. The Morgan fingerprint density at radius 1 is 1.17 bits per heavy atom. The zero-order valence-electron chi connectivity index (χ0n) is 16.4. The fourth-order valence-corrected chi connectivity index (χ4v) is 4.00. The molecule has 1 aliphatic heterocycles. The Kier molecular flexibility index (Phi) is 6.79. The summed E-state index contributed by atoms with van der Waals surface area (Å²) in [5.41, 5.74) is 1.22. The van der Waals surface area contributed by atoms with Crippen LogP contribution in [0.4, 0.5) is 13.2 Å². The second-order valence-corrected chi connectivity index (χ2v) is 8.12. The molecule has 2 heterocycles. The highest BCUT2D eigenvalue weighted by Gasteiger charge is 2.32. The van der Waals surface area contributed by atoms with Crippen LogP contribution >= 0.6 is 11.3 Å². The van der Waals surface area contributed by atoms with Crippen molar-refractivity contribution in [2.45, 2.75) is 32.5 Å². The minimum absolute atomic E-state index is 0.0885. The van der Waals surface area contributed by atoms with E-state index in [1.807, 2.05) is 38.1 Å². The van der Waals surface area contributed by atoms with Gasteiger partial charge in [0.2, 0.25) is 0 Å². The molecule has 9 heteroatoms. The van der Waals surface area contributed by atoms with Crippen LogP contribution in [0.3, 0.4) is 0 Å². The fourth-order valence-electron chi connectivity index (χ4n) is 3.20. The quantitative estimate of drug-likeness (QED) is 0.714. The van der Waals surface area contributed by atoms with Gasteiger partial charge in [-0.15, -0.1) is 11.3 Å². The zero-order chi connectivity index (χ0) is 21.0. The molecule has 0 radical (unpaired) electrons. The molecule has 29 heavy (non-hydrogen) atoms. The van der Waals surface area contributed by atoms with E-state index in [1.165, 1.54) is 16.2 Å². The summed E-state index contributed by atoms with van der Waals surface area (Å²) in [4.78, 5) is 20.2. The van der Waals surface area contributed by atoms with Crippen LogP contribution in [-0.2, 0) is 0 Å². The summed E-state index contributed by atoms with van der Waals surface area (Å²) in [6.45, 7) is 4.21. The molecule has 0 spiro atoms. The SMILES string of the molecule is CC(C)Oc1ccc(-c2nc(C(=O)N3CCCN(CC(F)(F)F)CC3)cs2)cc1. The third-order valence-electron chi connectivity index (χ3n) is 4.47. The van der Waals surface area contributed by atoms with Gasteiger partial charge in [-0.1, -0.05) is 0 Å². The minimum atomic E-state index is -4.22. The molecular weight excluding hydrogens is 403 g/mol. The van der Waals surface area contributed by atoms with E-state index < -0.39 is 12.7 Å². The smallest absolute Gasteiger partial charge is 0.401 e. The van der Waals surface area contributed by atoms with E-state index in [-0.39, 0.29) is 25.1 Å². The van der Waals surface area contributed by atoms with Crippen LogP contribution in [0.1, 0.15) is 30.8 Å². The highest BCUT2D eigenvalue weighted by atomic mass is 32.1. The number of carbonyl (C=O) groups is 1. The first-order chi connectivity index (χ1) is 13.7. The van der Waals surface area contributed by atoms with Crippen LogP contribution in [-0.4, -0.2) is 65.7 Å². The normalized spacial score (nSPS) is 16.1. The predicted molar refractivity (Wildman–Crippen MR) is 106 cm³/mol. The standard InChI is InChI=1S/C20H24F3N3O2S/c1-14(2)28-16-6-4-15(5-7-16)18-24-17(12-29-18)19(27)26-9-3-8-25(10-11-26)13-20(21,22)23/h4-7,12,14H,3,8-11,13H2,1-2H3. The van der Waals surface area contributed by atoms with Crippen molar-refractivity contribution in [2.24, 2.45) is 0 Å². The van der Waals surface area contributed by atoms with Gasteiger partial charge in [0.15, 0.2) is 0 Å². The van der Waals surface area contributed by atoms with Crippen molar-refractivity contribution in [3.8, 4) is 16.3 Å². The van der Waals surface area contributed by atoms with E-state index in [2.05, 4.69) is 4.98 Å². The fraction of sp³-hybridized carbons (Fsp3) is 0.500. The van der Waals surface area contributed by atoms with Gasteiger partial charge < -0.3 is 9.64 Å². The third-order valence-corrected chi connectivity index (χ3v) is 5.37. The number of thiazole rings is 1. The van der Waals surface area contributed by atoms with Crippen molar-refractivity contribution in [3.05, 3.63) is 35.3 Å².